The van der Waals surface area contributed by atoms with Gasteiger partial charge in [0, 0.05) is 32.1 Å². The normalized spacial score (nSPS) is 19.0. The summed E-state index contributed by atoms with van der Waals surface area (Å²) in [5, 5.41) is 12.6. The van der Waals surface area contributed by atoms with Gasteiger partial charge >= 0.3 is 6.18 Å². The lowest BCUT2D eigenvalue weighted by Gasteiger charge is -2.37. The number of benzene rings is 2. The minimum atomic E-state index is -4.43. The summed E-state index contributed by atoms with van der Waals surface area (Å²) in [5.74, 6) is 0.0846. The van der Waals surface area contributed by atoms with Crippen LogP contribution in [0.2, 0.25) is 0 Å². The highest BCUT2D eigenvalue weighted by atomic mass is 19.4. The summed E-state index contributed by atoms with van der Waals surface area (Å²) in [6, 6.07) is 11.8. The second kappa shape index (κ2) is 12.3. The van der Waals surface area contributed by atoms with E-state index in [1.807, 2.05) is 26.2 Å². The number of nitrogens with zero attached hydrogens (tertiary/aromatic N) is 2. The number of nitrogens with one attached hydrogen (secondary N) is 1. The molecule has 0 radical (unpaired) electrons. The summed E-state index contributed by atoms with van der Waals surface area (Å²) in [4.78, 5) is 17.1. The molecule has 1 aliphatic heterocycles. The summed E-state index contributed by atoms with van der Waals surface area (Å²) in [6.07, 6.45) is -2.98. The molecule has 0 spiro atoms. The van der Waals surface area contributed by atoms with Crippen LogP contribution in [0.5, 0.6) is 11.5 Å². The van der Waals surface area contributed by atoms with Crippen LogP contribution < -0.4 is 10.1 Å². The molecule has 3 rings (SSSR count). The van der Waals surface area contributed by atoms with E-state index < -0.39 is 11.7 Å². The first-order chi connectivity index (χ1) is 16.6. The zero-order valence-corrected chi connectivity index (χ0v) is 20.2. The van der Waals surface area contributed by atoms with E-state index in [1.165, 1.54) is 12.1 Å². The molecule has 35 heavy (non-hydrogen) atoms. The Labute approximate surface area is 204 Å². The van der Waals surface area contributed by atoms with Crippen molar-refractivity contribution >= 4 is 5.91 Å². The van der Waals surface area contributed by atoms with E-state index in [9.17, 15) is 23.1 Å². The molecule has 2 N–H and O–H groups in total. The van der Waals surface area contributed by atoms with Gasteiger partial charge in [0.2, 0.25) is 5.91 Å². The maximum Gasteiger partial charge on any atom is 0.416 e. The van der Waals surface area contributed by atoms with Crippen LogP contribution >= 0.6 is 0 Å². The molecule has 0 aromatic heterocycles. The van der Waals surface area contributed by atoms with Crippen molar-refractivity contribution in [2.75, 3.05) is 46.9 Å². The van der Waals surface area contributed by atoms with E-state index >= 15 is 0 Å². The van der Waals surface area contributed by atoms with Crippen molar-refractivity contribution in [2.24, 2.45) is 11.8 Å². The van der Waals surface area contributed by atoms with Crippen LogP contribution in [0.3, 0.4) is 0 Å². The molecule has 1 aliphatic rings. The Kier molecular flexibility index (Phi) is 9.40. The van der Waals surface area contributed by atoms with Gasteiger partial charge in [-0.05, 0) is 69.4 Å². The number of aromatic hydroxyl groups is 1. The first kappa shape index (κ1) is 26.8. The number of carbonyl (C=O) groups is 1. The predicted octanol–water partition coefficient (Wildman–Crippen LogP) is 4.00. The third-order valence-corrected chi connectivity index (χ3v) is 6.05. The molecule has 0 unspecified atom stereocenters. The Balaban J connectivity index is 1.64. The lowest BCUT2D eigenvalue weighted by atomic mass is 9.88. The SMILES string of the molecule is CN(C)CCCNC(=O)[C@@H]1C[C@H](COc2cccc(C(F)(F)F)c2)CN(Cc2ccc(O)cc2)C1. The molecule has 1 amide bonds. The van der Waals surface area contributed by atoms with Crippen LogP contribution in [0, 0.1) is 11.8 Å². The minimum absolute atomic E-state index is 0.0109. The molecule has 2 aromatic rings. The third-order valence-electron chi connectivity index (χ3n) is 6.05. The summed E-state index contributed by atoms with van der Waals surface area (Å²) < 4.78 is 44.8. The van der Waals surface area contributed by atoms with E-state index in [4.69, 9.17) is 4.74 Å². The van der Waals surface area contributed by atoms with Crippen LogP contribution in [-0.4, -0.2) is 67.7 Å². The van der Waals surface area contributed by atoms with E-state index in [0.717, 1.165) is 30.7 Å². The van der Waals surface area contributed by atoms with Crippen molar-refractivity contribution in [1.29, 1.82) is 0 Å². The molecule has 2 aromatic carbocycles. The van der Waals surface area contributed by atoms with E-state index in [1.54, 1.807) is 12.1 Å². The molecular formula is C26H34F3N3O3. The fraction of sp³-hybridized carbons (Fsp3) is 0.500. The number of phenols is 1. The highest BCUT2D eigenvalue weighted by molar-refractivity contribution is 5.79. The quantitative estimate of drug-likeness (QED) is 0.490. The van der Waals surface area contributed by atoms with Gasteiger partial charge in [-0.2, -0.15) is 13.2 Å². The highest BCUT2D eigenvalue weighted by Crippen LogP contribution is 2.32. The number of hydrogen-bond donors (Lipinski definition) is 2. The van der Waals surface area contributed by atoms with Crippen molar-refractivity contribution in [2.45, 2.75) is 25.6 Å². The van der Waals surface area contributed by atoms with Gasteiger partial charge in [0.05, 0.1) is 18.1 Å². The second-order valence-electron chi connectivity index (χ2n) is 9.44. The van der Waals surface area contributed by atoms with Crippen molar-refractivity contribution in [3.05, 3.63) is 59.7 Å². The topological polar surface area (TPSA) is 65.0 Å². The molecule has 1 fully saturated rings. The first-order valence-corrected chi connectivity index (χ1v) is 11.8. The van der Waals surface area contributed by atoms with Crippen molar-refractivity contribution < 1.29 is 27.8 Å². The maximum absolute atomic E-state index is 13.0. The molecule has 1 heterocycles. The van der Waals surface area contributed by atoms with Crippen LogP contribution in [0.1, 0.15) is 24.0 Å². The van der Waals surface area contributed by atoms with Crippen LogP contribution in [0.25, 0.3) is 0 Å². The number of amides is 1. The Morgan fingerprint density at radius 1 is 1.17 bits per heavy atom. The number of halogens is 3. The van der Waals surface area contributed by atoms with Crippen LogP contribution in [-0.2, 0) is 17.5 Å². The highest BCUT2D eigenvalue weighted by Gasteiger charge is 2.33. The number of ether oxygens (including phenoxy) is 1. The standard InChI is InChI=1S/C26H34F3N3O3/c1-31(2)12-4-11-30-25(34)21-13-20(16-32(17-21)15-19-7-9-23(33)10-8-19)18-35-24-6-3-5-22(14-24)26(27,28)29/h3,5-10,14,20-21,33H,4,11-13,15-18H2,1-2H3,(H,30,34)/t20-,21+/m0/s1. The van der Waals surface area contributed by atoms with Gasteiger partial charge in [0.15, 0.2) is 0 Å². The number of likely N-dealkylation sites (tertiary alicyclic amines) is 1. The Bertz CT molecular complexity index is 951. The minimum Gasteiger partial charge on any atom is -0.508 e. The molecule has 0 aliphatic carbocycles. The fourth-order valence-electron chi connectivity index (χ4n) is 4.33. The molecule has 0 bridgehead atoms. The van der Waals surface area contributed by atoms with E-state index in [-0.39, 0.29) is 35.8 Å². The maximum atomic E-state index is 13.0. The van der Waals surface area contributed by atoms with Crippen molar-refractivity contribution in [3.8, 4) is 11.5 Å². The fourth-order valence-corrected chi connectivity index (χ4v) is 4.33. The number of rotatable bonds is 10. The number of phenolic OH excluding ortho intramolecular Hbond substituents is 1. The summed E-state index contributed by atoms with van der Waals surface area (Å²) >= 11 is 0. The lowest BCUT2D eigenvalue weighted by molar-refractivity contribution is -0.137. The van der Waals surface area contributed by atoms with Gasteiger partial charge in [-0.3, -0.25) is 9.69 Å². The number of alkyl halides is 3. The van der Waals surface area contributed by atoms with E-state index in [0.29, 0.717) is 32.6 Å². The van der Waals surface area contributed by atoms with Gasteiger partial charge in [-0.25, -0.2) is 0 Å². The summed E-state index contributed by atoms with van der Waals surface area (Å²) in [7, 11) is 3.97. The average molecular weight is 494 g/mol. The Morgan fingerprint density at radius 2 is 1.91 bits per heavy atom. The Morgan fingerprint density at radius 3 is 2.60 bits per heavy atom. The molecule has 1 saturated heterocycles. The summed E-state index contributed by atoms with van der Waals surface area (Å²) in [5.41, 5.74) is 0.259. The zero-order valence-electron chi connectivity index (χ0n) is 20.2. The average Bonchev–Trinajstić information content (AvgIpc) is 2.81. The zero-order chi connectivity index (χ0) is 25.4. The van der Waals surface area contributed by atoms with Crippen LogP contribution in [0.15, 0.2) is 48.5 Å². The number of carbonyl (C=O) groups excluding carboxylic acids is 1. The molecule has 6 nitrogen and oxygen atoms in total. The second-order valence-corrected chi connectivity index (χ2v) is 9.44. The first-order valence-electron chi connectivity index (χ1n) is 11.8. The number of hydrogen-bond acceptors (Lipinski definition) is 5. The van der Waals surface area contributed by atoms with Gasteiger partial charge in [0.25, 0.3) is 0 Å². The Hall–Kier alpha value is -2.78. The molecule has 9 heteroatoms. The summed E-state index contributed by atoms with van der Waals surface area (Å²) in [6.45, 7) is 3.54. The predicted molar refractivity (Wildman–Crippen MR) is 128 cm³/mol. The van der Waals surface area contributed by atoms with Gasteiger partial charge in [0.1, 0.15) is 11.5 Å². The molecular weight excluding hydrogens is 459 g/mol. The molecule has 0 saturated carbocycles. The molecule has 2 atom stereocenters. The van der Waals surface area contributed by atoms with Crippen molar-refractivity contribution in [1.82, 2.24) is 15.1 Å². The van der Waals surface area contributed by atoms with E-state index in [2.05, 4.69) is 15.1 Å². The van der Waals surface area contributed by atoms with Gasteiger partial charge < -0.3 is 20.1 Å². The third kappa shape index (κ3) is 8.74. The molecule has 192 valence electrons. The van der Waals surface area contributed by atoms with Crippen molar-refractivity contribution in [3.63, 3.8) is 0 Å². The lowest BCUT2D eigenvalue weighted by Crippen LogP contribution is -2.47. The monoisotopic (exact) mass is 493 g/mol. The number of piperidine rings is 1. The largest absolute Gasteiger partial charge is 0.508 e. The smallest absolute Gasteiger partial charge is 0.416 e. The van der Waals surface area contributed by atoms with Gasteiger partial charge in [-0.1, -0.05) is 18.2 Å². The van der Waals surface area contributed by atoms with Crippen LogP contribution in [0.4, 0.5) is 13.2 Å². The van der Waals surface area contributed by atoms with Gasteiger partial charge in [-0.15, -0.1) is 0 Å².